The maximum Gasteiger partial charge on any atom is 0.221 e. The Morgan fingerprint density at radius 3 is 3.00 bits per heavy atom. The first-order valence-electron chi connectivity index (χ1n) is 7.57. The van der Waals surface area contributed by atoms with Crippen LogP contribution in [0.4, 0.5) is 5.82 Å². The van der Waals surface area contributed by atoms with Crippen molar-refractivity contribution < 1.29 is 0 Å². The summed E-state index contributed by atoms with van der Waals surface area (Å²) in [5.74, 6) is 1.42. The first-order chi connectivity index (χ1) is 10.7. The molecule has 0 amide bonds. The molecule has 1 atom stereocenters. The van der Waals surface area contributed by atoms with Crippen molar-refractivity contribution >= 4 is 11.5 Å². The quantitative estimate of drug-likeness (QED) is 0.724. The Hall–Kier alpha value is -2.50. The molecule has 4 rings (SSSR count). The number of hydrogen-bond donors (Lipinski definition) is 0. The minimum Gasteiger partial charge on any atom is -0.353 e. The minimum absolute atomic E-state index is 0.540. The normalized spacial score (nSPS) is 18.3. The zero-order valence-corrected chi connectivity index (χ0v) is 12.8. The highest BCUT2D eigenvalue weighted by molar-refractivity contribution is 5.63. The van der Waals surface area contributed by atoms with Crippen molar-refractivity contribution in [1.29, 1.82) is 0 Å². The zero-order chi connectivity index (χ0) is 15.1. The van der Waals surface area contributed by atoms with Crippen LogP contribution in [0.1, 0.15) is 29.0 Å². The third-order valence-corrected chi connectivity index (χ3v) is 4.45. The second-order valence-electron chi connectivity index (χ2n) is 5.99. The average Bonchev–Trinajstić information content (AvgIpc) is 3.15. The molecule has 22 heavy (non-hydrogen) atoms. The molecule has 0 aliphatic carbocycles. The first kappa shape index (κ1) is 13.2. The molecule has 0 bridgehead atoms. The molecule has 1 aliphatic rings. The lowest BCUT2D eigenvalue weighted by atomic mass is 9.93. The Morgan fingerprint density at radius 2 is 2.14 bits per heavy atom. The molecule has 112 valence electrons. The lowest BCUT2D eigenvalue weighted by Gasteiger charge is -2.18. The fraction of sp³-hybridized carbons (Fsp3) is 0.375. The molecule has 1 unspecified atom stereocenters. The number of benzene rings is 1. The monoisotopic (exact) mass is 294 g/mol. The van der Waals surface area contributed by atoms with E-state index in [-0.39, 0.29) is 0 Å². The van der Waals surface area contributed by atoms with Crippen molar-refractivity contribution in [3.05, 3.63) is 47.3 Å². The van der Waals surface area contributed by atoms with Gasteiger partial charge >= 0.3 is 0 Å². The van der Waals surface area contributed by atoms with Crippen molar-refractivity contribution in [3.63, 3.8) is 0 Å². The molecule has 0 saturated carbocycles. The van der Waals surface area contributed by atoms with Gasteiger partial charge in [0.15, 0.2) is 5.82 Å². The number of fused-ring (bicyclic) bond motifs is 1. The molecule has 3 aromatic rings. The van der Waals surface area contributed by atoms with Crippen LogP contribution < -0.4 is 4.90 Å². The van der Waals surface area contributed by atoms with Crippen molar-refractivity contribution in [2.24, 2.45) is 0 Å². The fourth-order valence-electron chi connectivity index (χ4n) is 3.38. The molecule has 3 heterocycles. The number of rotatable bonds is 2. The van der Waals surface area contributed by atoms with Gasteiger partial charge in [-0.25, -0.2) is 4.98 Å². The number of aryl methyl sites for hydroxylation is 2. The summed E-state index contributed by atoms with van der Waals surface area (Å²) < 4.78 is 1.67. The van der Waals surface area contributed by atoms with Gasteiger partial charge in [0.2, 0.25) is 5.65 Å². The van der Waals surface area contributed by atoms with Gasteiger partial charge in [-0.2, -0.15) is 4.52 Å². The van der Waals surface area contributed by atoms with Gasteiger partial charge in [-0.3, -0.25) is 0 Å². The lowest BCUT2D eigenvalue weighted by molar-refractivity contribution is 0.767. The van der Waals surface area contributed by atoms with Crippen LogP contribution in [0.5, 0.6) is 0 Å². The molecule has 6 heteroatoms. The number of tetrazole rings is 1. The van der Waals surface area contributed by atoms with E-state index in [1.807, 2.05) is 0 Å². The van der Waals surface area contributed by atoms with Crippen LogP contribution in [0.3, 0.4) is 0 Å². The molecule has 0 N–H and O–H groups in total. The second kappa shape index (κ2) is 5.05. The Morgan fingerprint density at radius 1 is 1.23 bits per heavy atom. The van der Waals surface area contributed by atoms with E-state index in [0.29, 0.717) is 5.92 Å². The van der Waals surface area contributed by atoms with Gasteiger partial charge < -0.3 is 4.90 Å². The van der Waals surface area contributed by atoms with Gasteiger partial charge in [-0.1, -0.05) is 23.8 Å². The Bertz CT molecular complexity index is 824. The van der Waals surface area contributed by atoms with Gasteiger partial charge in [0.05, 0.1) is 6.20 Å². The zero-order valence-electron chi connectivity index (χ0n) is 12.8. The van der Waals surface area contributed by atoms with Crippen LogP contribution in [0.15, 0.2) is 30.6 Å². The van der Waals surface area contributed by atoms with Crippen molar-refractivity contribution in [2.75, 3.05) is 18.0 Å². The number of hydrogen-bond acceptors (Lipinski definition) is 5. The van der Waals surface area contributed by atoms with Crippen LogP contribution in [0.2, 0.25) is 0 Å². The highest BCUT2D eigenvalue weighted by Gasteiger charge is 2.27. The molecular formula is C16H18N6. The third kappa shape index (κ3) is 2.11. The number of nitrogens with zero attached hydrogens (tertiary/aromatic N) is 6. The molecule has 2 aromatic heterocycles. The summed E-state index contributed by atoms with van der Waals surface area (Å²) >= 11 is 0. The summed E-state index contributed by atoms with van der Waals surface area (Å²) in [7, 11) is 0. The van der Waals surface area contributed by atoms with E-state index < -0.39 is 0 Å². The predicted octanol–water partition coefficient (Wildman–Crippen LogP) is 2.13. The Balaban J connectivity index is 1.63. The van der Waals surface area contributed by atoms with E-state index in [9.17, 15) is 0 Å². The molecule has 0 spiro atoms. The predicted molar refractivity (Wildman–Crippen MR) is 84.1 cm³/mol. The summed E-state index contributed by atoms with van der Waals surface area (Å²) in [6.07, 6.45) is 4.66. The highest BCUT2D eigenvalue weighted by Crippen LogP contribution is 2.32. The van der Waals surface area contributed by atoms with Crippen molar-refractivity contribution in [1.82, 2.24) is 25.0 Å². The Kier molecular flexibility index (Phi) is 3.03. The summed E-state index contributed by atoms with van der Waals surface area (Å²) in [5.41, 5.74) is 4.86. The van der Waals surface area contributed by atoms with Gasteiger partial charge in [0.1, 0.15) is 0 Å². The summed E-state index contributed by atoms with van der Waals surface area (Å²) in [5, 5.41) is 11.8. The maximum atomic E-state index is 4.49. The van der Waals surface area contributed by atoms with Gasteiger partial charge in [0.25, 0.3) is 0 Å². The standard InChI is InChI=1S/C16H18N6/c1-11-3-4-14(12(2)9-11)13-5-7-21(10-13)15-16-18-19-20-22(16)8-6-17-15/h3-4,6,8-9,13H,5,7,10H2,1-2H3. The van der Waals surface area contributed by atoms with Crippen LogP contribution in [-0.2, 0) is 0 Å². The molecule has 6 nitrogen and oxygen atoms in total. The van der Waals surface area contributed by atoms with Crippen LogP contribution in [0, 0.1) is 13.8 Å². The first-order valence-corrected chi connectivity index (χ1v) is 7.57. The van der Waals surface area contributed by atoms with E-state index in [4.69, 9.17) is 0 Å². The largest absolute Gasteiger partial charge is 0.353 e. The number of aromatic nitrogens is 5. The molecule has 0 radical (unpaired) electrons. The van der Waals surface area contributed by atoms with Gasteiger partial charge in [0, 0.05) is 25.2 Å². The van der Waals surface area contributed by atoms with Crippen LogP contribution in [-0.4, -0.2) is 38.1 Å². The fourth-order valence-corrected chi connectivity index (χ4v) is 3.38. The van der Waals surface area contributed by atoms with Crippen LogP contribution >= 0.6 is 0 Å². The number of anilines is 1. The highest BCUT2D eigenvalue weighted by atomic mass is 15.5. The van der Waals surface area contributed by atoms with E-state index in [1.165, 1.54) is 16.7 Å². The van der Waals surface area contributed by atoms with Gasteiger partial charge in [-0.05, 0) is 41.8 Å². The van der Waals surface area contributed by atoms with E-state index >= 15 is 0 Å². The van der Waals surface area contributed by atoms with Crippen molar-refractivity contribution in [3.8, 4) is 0 Å². The summed E-state index contributed by atoms with van der Waals surface area (Å²) in [6.45, 7) is 6.29. The van der Waals surface area contributed by atoms with Crippen molar-refractivity contribution in [2.45, 2.75) is 26.2 Å². The summed E-state index contributed by atoms with van der Waals surface area (Å²) in [6, 6.07) is 6.73. The third-order valence-electron chi connectivity index (χ3n) is 4.45. The minimum atomic E-state index is 0.540. The van der Waals surface area contributed by atoms with E-state index in [1.54, 1.807) is 16.9 Å². The topological polar surface area (TPSA) is 59.2 Å². The molecule has 1 saturated heterocycles. The maximum absolute atomic E-state index is 4.49. The Labute approximate surface area is 128 Å². The summed E-state index contributed by atoms with van der Waals surface area (Å²) in [4.78, 5) is 6.78. The molecule has 1 aromatic carbocycles. The molecule has 1 fully saturated rings. The molecular weight excluding hydrogens is 276 g/mol. The average molecular weight is 294 g/mol. The van der Waals surface area contributed by atoms with Crippen LogP contribution in [0.25, 0.3) is 5.65 Å². The lowest BCUT2D eigenvalue weighted by Crippen LogP contribution is -2.21. The molecule has 1 aliphatic heterocycles. The second-order valence-corrected chi connectivity index (χ2v) is 5.99. The smallest absolute Gasteiger partial charge is 0.221 e. The van der Waals surface area contributed by atoms with E-state index in [0.717, 1.165) is 31.0 Å². The SMILES string of the molecule is Cc1ccc(C2CCN(c3nccn4nnnc34)C2)c(C)c1. The van der Waals surface area contributed by atoms with Gasteiger partial charge in [-0.15, -0.1) is 5.10 Å². The van der Waals surface area contributed by atoms with E-state index in [2.05, 4.69) is 57.5 Å².